The Kier molecular flexibility index (Phi) is 13.2. The molecular formula is C6H15N2NaO2. The van der Waals surface area contributed by atoms with E-state index in [-0.39, 0.29) is 37.0 Å². The Hall–Kier alpha value is 0.390. The van der Waals surface area contributed by atoms with Gasteiger partial charge in [-0.05, 0) is 0 Å². The molecule has 0 atom stereocenters. The zero-order chi connectivity index (χ0) is 7.82. The van der Waals surface area contributed by atoms with Gasteiger partial charge in [-0.1, -0.05) is 0 Å². The quantitative estimate of drug-likeness (QED) is 0.252. The summed E-state index contributed by atoms with van der Waals surface area (Å²) in [7, 11) is 0. The molecule has 0 aromatic rings. The Morgan fingerprint density at radius 3 is 2.73 bits per heavy atom. The summed E-state index contributed by atoms with van der Waals surface area (Å²) in [5.74, 6) is -0.241. The van der Waals surface area contributed by atoms with E-state index in [2.05, 4.69) is 10.1 Å². The fourth-order valence-corrected chi connectivity index (χ4v) is 0.494. The van der Waals surface area contributed by atoms with Crippen molar-refractivity contribution in [3.63, 3.8) is 0 Å². The van der Waals surface area contributed by atoms with Crippen molar-refractivity contribution in [1.82, 2.24) is 5.32 Å². The zero-order valence-corrected chi connectivity index (χ0v) is 9.22. The predicted molar refractivity (Wildman–Crippen MR) is 39.7 cm³/mol. The van der Waals surface area contributed by atoms with E-state index in [1.54, 1.807) is 0 Å². The van der Waals surface area contributed by atoms with Crippen molar-refractivity contribution in [2.75, 3.05) is 26.2 Å². The summed E-state index contributed by atoms with van der Waals surface area (Å²) >= 11 is 0. The minimum Gasteiger partial charge on any atom is -1.00 e. The fraction of sp³-hybridized carbons (Fsp3) is 0.833. The average molecular weight is 170 g/mol. The zero-order valence-electron chi connectivity index (χ0n) is 8.22. The summed E-state index contributed by atoms with van der Waals surface area (Å²) in [6, 6.07) is 0. The first-order chi connectivity index (χ1) is 4.77. The Morgan fingerprint density at radius 2 is 2.27 bits per heavy atom. The van der Waals surface area contributed by atoms with Crippen LogP contribution in [0.3, 0.4) is 0 Å². The minimum absolute atomic E-state index is 0. The number of esters is 1. The number of ether oxygens (including phenoxy) is 1. The molecule has 0 aromatic carbocycles. The van der Waals surface area contributed by atoms with Crippen molar-refractivity contribution in [1.29, 1.82) is 0 Å². The minimum atomic E-state index is -0.241. The third-order valence-electron chi connectivity index (χ3n) is 0.905. The number of rotatable bonds is 5. The molecule has 5 heteroatoms. The summed E-state index contributed by atoms with van der Waals surface area (Å²) in [6.45, 7) is 3.87. The SMILES string of the molecule is CC(=O)OCCNCCN.[H-].[Na+]. The van der Waals surface area contributed by atoms with E-state index in [4.69, 9.17) is 5.73 Å². The molecule has 0 heterocycles. The molecule has 0 rings (SSSR count). The van der Waals surface area contributed by atoms with Crippen LogP contribution in [0, 0.1) is 0 Å². The molecule has 0 saturated carbocycles. The molecule has 62 valence electrons. The fourth-order valence-electron chi connectivity index (χ4n) is 0.494. The number of nitrogens with two attached hydrogens (primary N) is 1. The summed E-state index contributed by atoms with van der Waals surface area (Å²) < 4.78 is 4.65. The van der Waals surface area contributed by atoms with Crippen molar-refractivity contribution in [2.45, 2.75) is 6.92 Å². The molecule has 0 saturated heterocycles. The van der Waals surface area contributed by atoms with Gasteiger partial charge in [0.05, 0.1) is 0 Å². The summed E-state index contributed by atoms with van der Waals surface area (Å²) in [5, 5.41) is 2.99. The summed E-state index contributed by atoms with van der Waals surface area (Å²) in [4.78, 5) is 10.2. The number of carbonyl (C=O) groups excluding carboxylic acids is 1. The molecular weight excluding hydrogens is 155 g/mol. The van der Waals surface area contributed by atoms with Gasteiger partial charge >= 0.3 is 35.5 Å². The van der Waals surface area contributed by atoms with Gasteiger partial charge < -0.3 is 17.2 Å². The van der Waals surface area contributed by atoms with Crippen molar-refractivity contribution in [3.05, 3.63) is 0 Å². The van der Waals surface area contributed by atoms with Gasteiger partial charge in [0.1, 0.15) is 6.61 Å². The Bertz CT molecular complexity index is 106. The molecule has 0 unspecified atom stereocenters. The molecule has 11 heavy (non-hydrogen) atoms. The first-order valence-electron chi connectivity index (χ1n) is 3.31. The van der Waals surface area contributed by atoms with Gasteiger partial charge in [-0.3, -0.25) is 4.79 Å². The van der Waals surface area contributed by atoms with Crippen LogP contribution in [-0.2, 0) is 9.53 Å². The van der Waals surface area contributed by atoms with E-state index in [1.807, 2.05) is 0 Å². The second-order valence-electron chi connectivity index (χ2n) is 1.88. The molecule has 4 nitrogen and oxygen atoms in total. The molecule has 0 aliphatic rings. The van der Waals surface area contributed by atoms with Crippen LogP contribution >= 0.6 is 0 Å². The van der Waals surface area contributed by atoms with E-state index in [9.17, 15) is 4.79 Å². The smallest absolute Gasteiger partial charge is 1.00 e. The number of hydrogen-bond donors (Lipinski definition) is 2. The van der Waals surface area contributed by atoms with Gasteiger partial charge in [-0.25, -0.2) is 0 Å². The molecule has 0 aromatic heterocycles. The Labute approximate surface area is 90.6 Å². The van der Waals surface area contributed by atoms with E-state index < -0.39 is 0 Å². The third-order valence-corrected chi connectivity index (χ3v) is 0.905. The van der Waals surface area contributed by atoms with E-state index >= 15 is 0 Å². The molecule has 0 fully saturated rings. The van der Waals surface area contributed by atoms with Gasteiger partial charge in [-0.15, -0.1) is 0 Å². The number of nitrogens with one attached hydrogen (secondary N) is 1. The summed E-state index contributed by atoms with van der Waals surface area (Å²) in [5.41, 5.74) is 5.20. The van der Waals surface area contributed by atoms with Gasteiger partial charge in [0.2, 0.25) is 0 Å². The molecule has 0 aliphatic carbocycles. The maximum atomic E-state index is 10.2. The third kappa shape index (κ3) is 13.4. The largest absolute Gasteiger partial charge is 1.00 e. The van der Waals surface area contributed by atoms with Crippen LogP contribution in [0.1, 0.15) is 8.35 Å². The predicted octanol–water partition coefficient (Wildman–Crippen LogP) is -3.79. The summed E-state index contributed by atoms with van der Waals surface area (Å²) in [6.07, 6.45) is 0. The molecule has 0 bridgehead atoms. The normalized spacial score (nSPS) is 8.55. The van der Waals surface area contributed by atoms with Crippen molar-refractivity contribution in [2.24, 2.45) is 5.73 Å². The van der Waals surface area contributed by atoms with Gasteiger partial charge in [0.15, 0.2) is 0 Å². The maximum Gasteiger partial charge on any atom is 1.00 e. The Balaban J connectivity index is -0.000000405. The van der Waals surface area contributed by atoms with Crippen LogP contribution in [0.2, 0.25) is 0 Å². The van der Waals surface area contributed by atoms with Crippen LogP contribution in [0.15, 0.2) is 0 Å². The van der Waals surface area contributed by atoms with Crippen LogP contribution in [0.25, 0.3) is 0 Å². The van der Waals surface area contributed by atoms with Gasteiger partial charge in [-0.2, -0.15) is 0 Å². The van der Waals surface area contributed by atoms with E-state index in [0.29, 0.717) is 19.7 Å². The van der Waals surface area contributed by atoms with Crippen molar-refractivity contribution in [3.8, 4) is 0 Å². The van der Waals surface area contributed by atoms with E-state index in [1.165, 1.54) is 6.92 Å². The second-order valence-corrected chi connectivity index (χ2v) is 1.88. The first-order valence-corrected chi connectivity index (χ1v) is 3.31. The van der Waals surface area contributed by atoms with Gasteiger partial charge in [0.25, 0.3) is 0 Å². The van der Waals surface area contributed by atoms with Gasteiger partial charge in [0, 0.05) is 26.6 Å². The molecule has 0 aliphatic heterocycles. The maximum absolute atomic E-state index is 10.2. The standard InChI is InChI=1S/C6H14N2O2.Na.H/c1-6(9)10-5-4-8-3-2-7;;/h8H,2-5,7H2,1H3;;/q;+1;-1. The average Bonchev–Trinajstić information content (AvgIpc) is 1.87. The molecule has 0 radical (unpaired) electrons. The van der Waals surface area contributed by atoms with Crippen LogP contribution < -0.4 is 40.6 Å². The molecule has 0 spiro atoms. The molecule has 3 N–H and O–H groups in total. The topological polar surface area (TPSA) is 64.3 Å². The van der Waals surface area contributed by atoms with E-state index in [0.717, 1.165) is 6.54 Å². The van der Waals surface area contributed by atoms with Crippen LogP contribution in [-0.4, -0.2) is 32.2 Å². The molecule has 0 amide bonds. The van der Waals surface area contributed by atoms with Crippen molar-refractivity contribution < 1.29 is 40.5 Å². The van der Waals surface area contributed by atoms with Crippen molar-refractivity contribution >= 4 is 5.97 Å². The Morgan fingerprint density at radius 1 is 1.64 bits per heavy atom. The monoisotopic (exact) mass is 170 g/mol. The van der Waals surface area contributed by atoms with Crippen LogP contribution in [0.5, 0.6) is 0 Å². The number of hydrogen-bond acceptors (Lipinski definition) is 4. The van der Waals surface area contributed by atoms with Crippen LogP contribution in [0.4, 0.5) is 0 Å². The second kappa shape index (κ2) is 10.4. The first kappa shape index (κ1) is 13.9. The number of carbonyl (C=O) groups is 1.